The maximum Gasteiger partial charge on any atom is 0.328 e. The highest BCUT2D eigenvalue weighted by Crippen LogP contribution is 2.13. The van der Waals surface area contributed by atoms with Gasteiger partial charge in [0.2, 0.25) is 5.91 Å². The topological polar surface area (TPSA) is 90.6 Å². The van der Waals surface area contributed by atoms with Crippen LogP contribution in [0.1, 0.15) is 20.3 Å². The SMILES string of the molecule is CCOC(=O)C(C)NC(=O)CCOc1ccc(N)cc1. The van der Waals surface area contributed by atoms with Crippen molar-refractivity contribution in [2.24, 2.45) is 0 Å². The van der Waals surface area contributed by atoms with Gasteiger partial charge in [-0.2, -0.15) is 0 Å². The van der Waals surface area contributed by atoms with Crippen LogP contribution in [0.3, 0.4) is 0 Å². The minimum Gasteiger partial charge on any atom is -0.493 e. The number of carbonyl (C=O) groups excluding carboxylic acids is 2. The lowest BCUT2D eigenvalue weighted by molar-refractivity contribution is -0.146. The second kappa shape index (κ2) is 8.04. The number of rotatable bonds is 7. The fourth-order valence-corrected chi connectivity index (χ4v) is 1.47. The summed E-state index contributed by atoms with van der Waals surface area (Å²) >= 11 is 0. The fraction of sp³-hybridized carbons (Fsp3) is 0.429. The summed E-state index contributed by atoms with van der Waals surface area (Å²) in [7, 11) is 0. The van der Waals surface area contributed by atoms with E-state index in [0.717, 1.165) is 0 Å². The highest BCUT2D eigenvalue weighted by molar-refractivity contribution is 5.84. The summed E-state index contributed by atoms with van der Waals surface area (Å²) in [5.74, 6) is -0.0632. The Bertz CT molecular complexity index is 445. The zero-order chi connectivity index (χ0) is 15.0. The van der Waals surface area contributed by atoms with E-state index in [1.165, 1.54) is 0 Å². The molecule has 0 bridgehead atoms. The maximum atomic E-state index is 11.6. The molecule has 1 atom stereocenters. The highest BCUT2D eigenvalue weighted by atomic mass is 16.5. The maximum absolute atomic E-state index is 11.6. The van der Waals surface area contributed by atoms with Crippen LogP contribution in [0.25, 0.3) is 0 Å². The molecular weight excluding hydrogens is 260 g/mol. The lowest BCUT2D eigenvalue weighted by atomic mass is 10.3. The summed E-state index contributed by atoms with van der Waals surface area (Å²) < 4.78 is 10.2. The molecular formula is C14H20N2O4. The van der Waals surface area contributed by atoms with Crippen LogP contribution < -0.4 is 15.8 Å². The van der Waals surface area contributed by atoms with Crippen LogP contribution in [0.5, 0.6) is 5.75 Å². The summed E-state index contributed by atoms with van der Waals surface area (Å²) in [6, 6.07) is 6.25. The third-order valence-electron chi connectivity index (χ3n) is 2.50. The van der Waals surface area contributed by atoms with Crippen LogP contribution in [0, 0.1) is 0 Å². The molecule has 3 N–H and O–H groups in total. The van der Waals surface area contributed by atoms with Crippen molar-refractivity contribution in [3.63, 3.8) is 0 Å². The summed E-state index contributed by atoms with van der Waals surface area (Å²) in [5.41, 5.74) is 6.20. The van der Waals surface area contributed by atoms with Crippen molar-refractivity contribution in [1.29, 1.82) is 0 Å². The molecule has 6 heteroatoms. The van der Waals surface area contributed by atoms with Gasteiger partial charge in [-0.05, 0) is 38.1 Å². The molecule has 0 radical (unpaired) electrons. The monoisotopic (exact) mass is 280 g/mol. The predicted octanol–water partition coefficient (Wildman–Crippen LogP) is 1.11. The van der Waals surface area contributed by atoms with Gasteiger partial charge in [-0.1, -0.05) is 0 Å². The van der Waals surface area contributed by atoms with Crippen molar-refractivity contribution in [2.75, 3.05) is 18.9 Å². The quantitative estimate of drug-likeness (QED) is 0.576. The number of ether oxygens (including phenoxy) is 2. The fourth-order valence-electron chi connectivity index (χ4n) is 1.47. The van der Waals surface area contributed by atoms with Crippen molar-refractivity contribution in [1.82, 2.24) is 5.32 Å². The average Bonchev–Trinajstić information content (AvgIpc) is 2.41. The van der Waals surface area contributed by atoms with Gasteiger partial charge in [0.15, 0.2) is 0 Å². The van der Waals surface area contributed by atoms with Crippen LogP contribution in [0.15, 0.2) is 24.3 Å². The number of hydrogen-bond donors (Lipinski definition) is 2. The van der Waals surface area contributed by atoms with Gasteiger partial charge in [-0.3, -0.25) is 4.79 Å². The number of nitrogens with two attached hydrogens (primary N) is 1. The summed E-state index contributed by atoms with van der Waals surface area (Å²) in [6.45, 7) is 3.81. The molecule has 0 heterocycles. The first kappa shape index (κ1) is 15.8. The van der Waals surface area contributed by atoms with Gasteiger partial charge < -0.3 is 20.5 Å². The third kappa shape index (κ3) is 5.60. The van der Waals surface area contributed by atoms with E-state index >= 15 is 0 Å². The molecule has 0 aromatic heterocycles. The van der Waals surface area contributed by atoms with Gasteiger partial charge >= 0.3 is 5.97 Å². The molecule has 0 aliphatic heterocycles. The van der Waals surface area contributed by atoms with Crippen molar-refractivity contribution < 1.29 is 19.1 Å². The first-order valence-electron chi connectivity index (χ1n) is 6.47. The lowest BCUT2D eigenvalue weighted by Crippen LogP contribution is -2.40. The number of benzene rings is 1. The van der Waals surface area contributed by atoms with Crippen LogP contribution in [-0.2, 0) is 14.3 Å². The minimum absolute atomic E-state index is 0.161. The Kier molecular flexibility index (Phi) is 6.36. The Hall–Kier alpha value is -2.24. The number of anilines is 1. The molecule has 6 nitrogen and oxygen atoms in total. The Morgan fingerprint density at radius 2 is 1.95 bits per heavy atom. The number of nitrogen functional groups attached to an aromatic ring is 1. The van der Waals surface area contributed by atoms with Crippen LogP contribution in [-0.4, -0.2) is 31.1 Å². The average molecular weight is 280 g/mol. The zero-order valence-electron chi connectivity index (χ0n) is 11.7. The Balaban J connectivity index is 2.26. The summed E-state index contributed by atoms with van der Waals surface area (Å²) in [4.78, 5) is 22.9. The van der Waals surface area contributed by atoms with E-state index < -0.39 is 12.0 Å². The molecule has 20 heavy (non-hydrogen) atoms. The second-order valence-corrected chi connectivity index (χ2v) is 4.21. The van der Waals surface area contributed by atoms with Crippen LogP contribution in [0.2, 0.25) is 0 Å². The first-order valence-corrected chi connectivity index (χ1v) is 6.47. The highest BCUT2D eigenvalue weighted by Gasteiger charge is 2.16. The van der Waals surface area contributed by atoms with E-state index in [1.807, 2.05) is 0 Å². The van der Waals surface area contributed by atoms with E-state index in [-0.39, 0.29) is 18.9 Å². The predicted molar refractivity (Wildman–Crippen MR) is 75.2 cm³/mol. The van der Waals surface area contributed by atoms with E-state index in [0.29, 0.717) is 18.0 Å². The zero-order valence-corrected chi connectivity index (χ0v) is 11.7. The normalized spacial score (nSPS) is 11.5. The smallest absolute Gasteiger partial charge is 0.328 e. The van der Waals surface area contributed by atoms with Crippen molar-refractivity contribution in [2.45, 2.75) is 26.3 Å². The molecule has 1 aromatic rings. The Morgan fingerprint density at radius 1 is 1.30 bits per heavy atom. The standard InChI is InChI=1S/C14H20N2O4/c1-3-19-14(18)10(2)16-13(17)8-9-20-12-6-4-11(15)5-7-12/h4-7,10H,3,8-9,15H2,1-2H3,(H,16,17). The van der Waals surface area contributed by atoms with Gasteiger partial charge in [-0.15, -0.1) is 0 Å². The van der Waals surface area contributed by atoms with Crippen molar-refractivity contribution >= 4 is 17.6 Å². The van der Waals surface area contributed by atoms with E-state index in [2.05, 4.69) is 5.32 Å². The van der Waals surface area contributed by atoms with Gasteiger partial charge in [0.1, 0.15) is 11.8 Å². The molecule has 0 aliphatic carbocycles. The van der Waals surface area contributed by atoms with Gasteiger partial charge in [-0.25, -0.2) is 4.79 Å². The number of nitrogens with one attached hydrogen (secondary N) is 1. The van der Waals surface area contributed by atoms with E-state index in [1.54, 1.807) is 38.1 Å². The molecule has 1 rings (SSSR count). The van der Waals surface area contributed by atoms with E-state index in [9.17, 15) is 9.59 Å². The van der Waals surface area contributed by atoms with Gasteiger partial charge in [0, 0.05) is 5.69 Å². The number of esters is 1. The number of carbonyl (C=O) groups is 2. The number of hydrogen-bond acceptors (Lipinski definition) is 5. The second-order valence-electron chi connectivity index (χ2n) is 4.21. The summed E-state index contributed by atoms with van der Waals surface area (Å²) in [6.07, 6.45) is 0.161. The van der Waals surface area contributed by atoms with E-state index in [4.69, 9.17) is 15.2 Å². The van der Waals surface area contributed by atoms with Crippen molar-refractivity contribution in [3.05, 3.63) is 24.3 Å². The Morgan fingerprint density at radius 3 is 2.55 bits per heavy atom. The van der Waals surface area contributed by atoms with Crippen LogP contribution >= 0.6 is 0 Å². The number of amides is 1. The molecule has 1 amide bonds. The molecule has 0 spiro atoms. The molecule has 110 valence electrons. The van der Waals surface area contributed by atoms with Crippen LogP contribution in [0.4, 0.5) is 5.69 Å². The third-order valence-corrected chi connectivity index (χ3v) is 2.50. The summed E-state index contributed by atoms with van der Waals surface area (Å²) in [5, 5.41) is 2.55. The largest absolute Gasteiger partial charge is 0.493 e. The van der Waals surface area contributed by atoms with Gasteiger partial charge in [0.25, 0.3) is 0 Å². The lowest BCUT2D eigenvalue weighted by Gasteiger charge is -2.12. The molecule has 0 fully saturated rings. The first-order chi connectivity index (χ1) is 9.52. The Labute approximate surface area is 118 Å². The van der Waals surface area contributed by atoms with Crippen molar-refractivity contribution in [3.8, 4) is 5.75 Å². The molecule has 0 aliphatic rings. The molecule has 0 saturated carbocycles. The molecule has 0 saturated heterocycles. The molecule has 1 unspecified atom stereocenters. The minimum atomic E-state index is -0.654. The molecule has 1 aromatic carbocycles. The van der Waals surface area contributed by atoms with Gasteiger partial charge in [0.05, 0.1) is 19.6 Å².